The average Bonchev–Trinajstić information content (AvgIpc) is 2.23. The van der Waals surface area contributed by atoms with Gasteiger partial charge in [-0.25, -0.2) is 0 Å². The van der Waals surface area contributed by atoms with Crippen molar-refractivity contribution in [2.75, 3.05) is 20.1 Å². The highest BCUT2D eigenvalue weighted by Crippen LogP contribution is 2.16. The average molecular weight is 255 g/mol. The summed E-state index contributed by atoms with van der Waals surface area (Å²) in [6, 6.07) is 6.64. The number of aryl methyl sites for hydroxylation is 1. The molecule has 0 radical (unpaired) electrons. The van der Waals surface area contributed by atoms with E-state index in [1.54, 1.807) is 0 Å². The molecule has 1 aromatic rings. The van der Waals surface area contributed by atoms with Gasteiger partial charge in [0.25, 0.3) is 0 Å². The number of halogens is 1. The van der Waals surface area contributed by atoms with Crippen LogP contribution in [0.1, 0.15) is 25.0 Å². The Morgan fingerprint density at radius 1 is 1.35 bits per heavy atom. The minimum atomic E-state index is 0.552. The van der Waals surface area contributed by atoms with Crippen molar-refractivity contribution in [3.8, 4) is 0 Å². The fourth-order valence-corrected chi connectivity index (χ4v) is 1.92. The van der Waals surface area contributed by atoms with Crippen LogP contribution in [0.2, 0.25) is 5.02 Å². The van der Waals surface area contributed by atoms with Crippen molar-refractivity contribution in [3.05, 3.63) is 34.3 Å². The van der Waals surface area contributed by atoms with Crippen LogP contribution < -0.4 is 5.32 Å². The number of likely N-dealkylation sites (N-methyl/N-ethyl adjacent to an activating group) is 1. The van der Waals surface area contributed by atoms with Gasteiger partial charge in [0, 0.05) is 30.7 Å². The second-order valence-corrected chi connectivity index (χ2v) is 5.35. The molecule has 0 fully saturated rings. The van der Waals surface area contributed by atoms with Gasteiger partial charge >= 0.3 is 0 Å². The van der Waals surface area contributed by atoms with E-state index in [9.17, 15) is 0 Å². The van der Waals surface area contributed by atoms with Crippen LogP contribution in [0, 0.1) is 6.92 Å². The van der Waals surface area contributed by atoms with Gasteiger partial charge in [-0.15, -0.1) is 0 Å². The van der Waals surface area contributed by atoms with Crippen molar-refractivity contribution < 1.29 is 0 Å². The first-order valence-corrected chi connectivity index (χ1v) is 6.54. The maximum atomic E-state index is 6.02. The van der Waals surface area contributed by atoms with E-state index in [0.717, 1.165) is 24.7 Å². The molecule has 0 spiro atoms. The summed E-state index contributed by atoms with van der Waals surface area (Å²) >= 11 is 6.02. The largest absolute Gasteiger partial charge is 0.313 e. The molecule has 1 N–H and O–H groups in total. The van der Waals surface area contributed by atoms with Gasteiger partial charge in [-0.1, -0.05) is 31.5 Å². The molecule has 0 saturated heterocycles. The Labute approximate surface area is 110 Å². The number of nitrogens with zero attached hydrogens (tertiary/aromatic N) is 1. The molecule has 17 heavy (non-hydrogen) atoms. The lowest BCUT2D eigenvalue weighted by atomic mass is 10.1. The zero-order chi connectivity index (χ0) is 12.8. The van der Waals surface area contributed by atoms with E-state index in [4.69, 9.17) is 11.6 Å². The summed E-state index contributed by atoms with van der Waals surface area (Å²) in [7, 11) is 2.14. The van der Waals surface area contributed by atoms with Crippen molar-refractivity contribution in [2.24, 2.45) is 0 Å². The zero-order valence-corrected chi connectivity index (χ0v) is 12.0. The number of nitrogens with one attached hydrogen (secondary N) is 1. The molecule has 3 heteroatoms. The van der Waals surface area contributed by atoms with Crippen molar-refractivity contribution >= 4 is 11.6 Å². The summed E-state index contributed by atoms with van der Waals surface area (Å²) in [5.41, 5.74) is 2.61. The Morgan fingerprint density at radius 3 is 2.71 bits per heavy atom. The fraction of sp³-hybridized carbons (Fsp3) is 0.571. The Kier molecular flexibility index (Phi) is 5.96. The summed E-state index contributed by atoms with van der Waals surface area (Å²) in [6.45, 7) is 9.48. The van der Waals surface area contributed by atoms with Gasteiger partial charge in [0.2, 0.25) is 0 Å². The van der Waals surface area contributed by atoms with Crippen molar-refractivity contribution in [2.45, 2.75) is 33.4 Å². The van der Waals surface area contributed by atoms with Crippen LogP contribution in [0.5, 0.6) is 0 Å². The normalized spacial score (nSPS) is 11.5. The third kappa shape index (κ3) is 5.53. The molecule has 0 unspecified atom stereocenters. The van der Waals surface area contributed by atoms with Crippen LogP contribution >= 0.6 is 11.6 Å². The Morgan fingerprint density at radius 2 is 2.06 bits per heavy atom. The molecule has 0 heterocycles. The third-order valence-electron chi connectivity index (χ3n) is 2.80. The maximum absolute atomic E-state index is 6.02. The molecule has 0 aliphatic heterocycles. The van der Waals surface area contributed by atoms with E-state index in [-0.39, 0.29) is 0 Å². The predicted octanol–water partition coefficient (Wildman–Crippen LogP) is 3.08. The Balaban J connectivity index is 2.44. The summed E-state index contributed by atoms with van der Waals surface area (Å²) in [6.07, 6.45) is 0. The van der Waals surface area contributed by atoms with Gasteiger partial charge in [0.05, 0.1) is 0 Å². The lowest BCUT2D eigenvalue weighted by Gasteiger charge is -2.19. The van der Waals surface area contributed by atoms with E-state index in [1.165, 1.54) is 11.1 Å². The second kappa shape index (κ2) is 7.00. The van der Waals surface area contributed by atoms with Gasteiger partial charge in [0.1, 0.15) is 0 Å². The molecule has 0 bridgehead atoms. The molecule has 96 valence electrons. The third-order valence-corrected chi connectivity index (χ3v) is 3.03. The van der Waals surface area contributed by atoms with E-state index >= 15 is 0 Å². The van der Waals surface area contributed by atoms with Crippen LogP contribution in [0.25, 0.3) is 0 Å². The standard InChI is InChI=1S/C14H23ClN2/c1-11(2)16-7-8-17(4)10-13-9-14(15)6-5-12(13)3/h5-6,9,11,16H,7-8,10H2,1-4H3. The van der Waals surface area contributed by atoms with Crippen molar-refractivity contribution in [1.82, 2.24) is 10.2 Å². The highest BCUT2D eigenvalue weighted by atomic mass is 35.5. The van der Waals surface area contributed by atoms with Crippen LogP contribution in [-0.4, -0.2) is 31.1 Å². The minimum absolute atomic E-state index is 0.552. The smallest absolute Gasteiger partial charge is 0.0409 e. The molecule has 0 aromatic heterocycles. The maximum Gasteiger partial charge on any atom is 0.0409 e. The topological polar surface area (TPSA) is 15.3 Å². The SMILES string of the molecule is Cc1ccc(Cl)cc1CN(C)CCNC(C)C. The van der Waals surface area contributed by atoms with Crippen LogP contribution in [-0.2, 0) is 6.54 Å². The van der Waals surface area contributed by atoms with E-state index in [1.807, 2.05) is 6.07 Å². The van der Waals surface area contributed by atoms with Gasteiger partial charge in [-0.05, 0) is 37.2 Å². The Hall–Kier alpha value is -0.570. The molecule has 1 aromatic carbocycles. The van der Waals surface area contributed by atoms with Gasteiger partial charge in [-0.3, -0.25) is 0 Å². The highest BCUT2D eigenvalue weighted by molar-refractivity contribution is 6.30. The number of hydrogen-bond acceptors (Lipinski definition) is 2. The molecule has 1 rings (SSSR count). The Bertz CT molecular complexity index is 350. The van der Waals surface area contributed by atoms with Gasteiger partial charge in [-0.2, -0.15) is 0 Å². The van der Waals surface area contributed by atoms with E-state index in [0.29, 0.717) is 6.04 Å². The van der Waals surface area contributed by atoms with Crippen LogP contribution in [0.15, 0.2) is 18.2 Å². The van der Waals surface area contributed by atoms with E-state index in [2.05, 4.69) is 50.2 Å². The molecule has 0 aliphatic rings. The second-order valence-electron chi connectivity index (χ2n) is 4.92. The van der Waals surface area contributed by atoms with Gasteiger partial charge in [0.15, 0.2) is 0 Å². The van der Waals surface area contributed by atoms with Crippen LogP contribution in [0.3, 0.4) is 0 Å². The lowest BCUT2D eigenvalue weighted by Crippen LogP contribution is -2.32. The first-order chi connectivity index (χ1) is 7.99. The summed E-state index contributed by atoms with van der Waals surface area (Å²) < 4.78 is 0. The molecule has 0 aliphatic carbocycles. The van der Waals surface area contributed by atoms with Crippen molar-refractivity contribution in [1.29, 1.82) is 0 Å². The van der Waals surface area contributed by atoms with Crippen LogP contribution in [0.4, 0.5) is 0 Å². The minimum Gasteiger partial charge on any atom is -0.313 e. The molecular formula is C14H23ClN2. The predicted molar refractivity (Wildman–Crippen MR) is 75.7 cm³/mol. The molecular weight excluding hydrogens is 232 g/mol. The molecule has 2 nitrogen and oxygen atoms in total. The first kappa shape index (κ1) is 14.5. The van der Waals surface area contributed by atoms with E-state index < -0.39 is 0 Å². The zero-order valence-electron chi connectivity index (χ0n) is 11.3. The van der Waals surface area contributed by atoms with Crippen molar-refractivity contribution in [3.63, 3.8) is 0 Å². The fourth-order valence-electron chi connectivity index (χ4n) is 1.72. The summed E-state index contributed by atoms with van der Waals surface area (Å²) in [5.74, 6) is 0. The highest BCUT2D eigenvalue weighted by Gasteiger charge is 2.04. The molecule has 0 saturated carbocycles. The molecule has 0 atom stereocenters. The number of benzene rings is 1. The number of hydrogen-bond donors (Lipinski definition) is 1. The number of rotatable bonds is 6. The summed E-state index contributed by atoms with van der Waals surface area (Å²) in [4.78, 5) is 2.31. The monoisotopic (exact) mass is 254 g/mol. The molecule has 0 amide bonds. The lowest BCUT2D eigenvalue weighted by molar-refractivity contribution is 0.319. The first-order valence-electron chi connectivity index (χ1n) is 6.16. The summed E-state index contributed by atoms with van der Waals surface area (Å²) in [5, 5.41) is 4.24. The van der Waals surface area contributed by atoms with Gasteiger partial charge < -0.3 is 10.2 Å². The quantitative estimate of drug-likeness (QED) is 0.839.